The van der Waals surface area contributed by atoms with E-state index in [4.69, 9.17) is 4.74 Å². The number of ether oxygens (including phenoxy) is 1. The number of hydrogen-bond donors (Lipinski definition) is 2. The Kier molecular flexibility index (Phi) is 15.1. The average Bonchev–Trinajstić information content (AvgIpc) is 2.68. The van der Waals surface area contributed by atoms with Crippen LogP contribution in [0.5, 0.6) is 5.75 Å². The zero-order valence-corrected chi connectivity index (χ0v) is 21.3. The normalized spacial score (nSPS) is 11.8. The predicted molar refractivity (Wildman–Crippen MR) is 132 cm³/mol. The Bertz CT molecular complexity index is 677. The van der Waals surface area contributed by atoms with E-state index in [1.807, 2.05) is 32.9 Å². The summed E-state index contributed by atoms with van der Waals surface area (Å²) in [6, 6.07) is 8.13. The van der Waals surface area contributed by atoms with E-state index in [1.54, 1.807) is 7.11 Å². The van der Waals surface area contributed by atoms with Gasteiger partial charge in [0.15, 0.2) is 5.96 Å². The molecule has 0 atom stereocenters. The number of benzene rings is 1. The summed E-state index contributed by atoms with van der Waals surface area (Å²) in [7, 11) is -1.55. The van der Waals surface area contributed by atoms with Crippen LogP contribution in [0.25, 0.3) is 0 Å². The molecular formula is C20H37IN4O3S. The van der Waals surface area contributed by atoms with Gasteiger partial charge in [-0.2, -0.15) is 0 Å². The number of nitrogens with zero attached hydrogens (tertiary/aromatic N) is 2. The van der Waals surface area contributed by atoms with Crippen LogP contribution in [-0.4, -0.2) is 64.3 Å². The van der Waals surface area contributed by atoms with Crippen molar-refractivity contribution in [1.29, 1.82) is 0 Å². The summed E-state index contributed by atoms with van der Waals surface area (Å²) in [5.41, 5.74) is 1.29. The third kappa shape index (κ3) is 11.0. The van der Waals surface area contributed by atoms with E-state index in [0.29, 0.717) is 32.1 Å². The van der Waals surface area contributed by atoms with Crippen molar-refractivity contribution < 1.29 is 13.2 Å². The third-order valence-electron chi connectivity index (χ3n) is 4.40. The number of rotatable bonds is 13. The maximum atomic E-state index is 12.2. The largest absolute Gasteiger partial charge is 0.497 e. The molecule has 0 bridgehead atoms. The second-order valence-electron chi connectivity index (χ2n) is 6.39. The van der Waals surface area contributed by atoms with Gasteiger partial charge in [0.25, 0.3) is 0 Å². The molecule has 0 aliphatic carbocycles. The van der Waals surface area contributed by atoms with Crippen LogP contribution in [0.4, 0.5) is 0 Å². The Morgan fingerprint density at radius 3 is 2.28 bits per heavy atom. The Morgan fingerprint density at radius 2 is 1.72 bits per heavy atom. The van der Waals surface area contributed by atoms with Crippen LogP contribution < -0.4 is 15.4 Å². The summed E-state index contributed by atoms with van der Waals surface area (Å²) < 4.78 is 31.1. The second kappa shape index (κ2) is 15.7. The first kappa shape index (κ1) is 27.9. The zero-order chi connectivity index (χ0) is 20.8. The van der Waals surface area contributed by atoms with Crippen molar-refractivity contribution in [2.75, 3.05) is 45.6 Å². The molecule has 0 amide bonds. The van der Waals surface area contributed by atoms with Gasteiger partial charge in [-0.1, -0.05) is 26.0 Å². The van der Waals surface area contributed by atoms with Crippen LogP contribution in [0.3, 0.4) is 0 Å². The summed E-state index contributed by atoms with van der Waals surface area (Å²) in [6.07, 6.45) is 3.03. The molecule has 1 rings (SSSR count). The fourth-order valence-electron chi connectivity index (χ4n) is 2.81. The molecule has 0 aromatic heterocycles. The molecule has 0 unspecified atom stereocenters. The lowest BCUT2D eigenvalue weighted by Crippen LogP contribution is -2.42. The standard InChI is InChI=1S/C20H36N4O3S.HI/c1-5-21-20(23-16-17-28(25,26)24(6-2)7-3)22-15-9-8-10-18-11-13-19(27-4)14-12-18;/h11-14H,5-10,15-17H2,1-4H3,(H2,21,22,23);1H. The Hall–Kier alpha value is -1.07. The van der Waals surface area contributed by atoms with Crippen LogP contribution in [0.2, 0.25) is 0 Å². The molecule has 0 radical (unpaired) electrons. The molecule has 0 aliphatic heterocycles. The van der Waals surface area contributed by atoms with Gasteiger partial charge in [-0.15, -0.1) is 24.0 Å². The van der Waals surface area contributed by atoms with Gasteiger partial charge in [0.1, 0.15) is 5.75 Å². The maximum absolute atomic E-state index is 12.2. The van der Waals surface area contributed by atoms with E-state index >= 15 is 0 Å². The van der Waals surface area contributed by atoms with E-state index in [1.165, 1.54) is 9.87 Å². The van der Waals surface area contributed by atoms with Crippen LogP contribution in [-0.2, 0) is 16.4 Å². The van der Waals surface area contributed by atoms with Crippen molar-refractivity contribution in [2.24, 2.45) is 4.99 Å². The van der Waals surface area contributed by atoms with Gasteiger partial charge in [0.05, 0.1) is 12.9 Å². The molecule has 1 aromatic rings. The van der Waals surface area contributed by atoms with Gasteiger partial charge < -0.3 is 15.4 Å². The lowest BCUT2D eigenvalue weighted by Gasteiger charge is -2.19. The van der Waals surface area contributed by atoms with Crippen molar-refractivity contribution in [3.05, 3.63) is 29.8 Å². The maximum Gasteiger partial charge on any atom is 0.215 e. The molecule has 2 N–H and O–H groups in total. The van der Waals surface area contributed by atoms with Crippen LogP contribution in [0, 0.1) is 0 Å². The van der Waals surface area contributed by atoms with E-state index in [9.17, 15) is 8.42 Å². The first-order valence-electron chi connectivity index (χ1n) is 10.1. The quantitative estimate of drug-likeness (QED) is 0.174. The van der Waals surface area contributed by atoms with Gasteiger partial charge in [0.2, 0.25) is 10.0 Å². The molecule has 168 valence electrons. The SMILES string of the molecule is CCNC(=NCCCCc1ccc(OC)cc1)NCCS(=O)(=O)N(CC)CC.I. The third-order valence-corrected chi connectivity index (χ3v) is 6.42. The number of halogens is 1. The summed E-state index contributed by atoms with van der Waals surface area (Å²) in [5.74, 6) is 1.61. The Labute approximate surface area is 193 Å². The minimum Gasteiger partial charge on any atom is -0.497 e. The van der Waals surface area contributed by atoms with Crippen molar-refractivity contribution in [1.82, 2.24) is 14.9 Å². The van der Waals surface area contributed by atoms with Crippen molar-refractivity contribution >= 4 is 40.0 Å². The minimum atomic E-state index is -3.22. The number of nitrogens with one attached hydrogen (secondary N) is 2. The second-order valence-corrected chi connectivity index (χ2v) is 8.48. The summed E-state index contributed by atoms with van der Waals surface area (Å²) >= 11 is 0. The highest BCUT2D eigenvalue weighted by Crippen LogP contribution is 2.13. The highest BCUT2D eigenvalue weighted by atomic mass is 127. The molecule has 1 aromatic carbocycles. The van der Waals surface area contributed by atoms with E-state index in [2.05, 4.69) is 27.8 Å². The van der Waals surface area contributed by atoms with Crippen molar-refractivity contribution in [3.8, 4) is 5.75 Å². The number of aliphatic imine (C=N–C) groups is 1. The van der Waals surface area contributed by atoms with Crippen LogP contribution >= 0.6 is 24.0 Å². The van der Waals surface area contributed by atoms with Gasteiger partial charge >= 0.3 is 0 Å². The first-order chi connectivity index (χ1) is 13.5. The molecule has 0 heterocycles. The molecule has 7 nitrogen and oxygen atoms in total. The predicted octanol–water partition coefficient (Wildman–Crippen LogP) is 2.86. The number of methoxy groups -OCH3 is 1. The number of unbranched alkanes of at least 4 members (excludes halogenated alkanes) is 1. The molecule has 0 aliphatic rings. The lowest BCUT2D eigenvalue weighted by atomic mass is 10.1. The molecule has 0 spiro atoms. The molecule has 29 heavy (non-hydrogen) atoms. The zero-order valence-electron chi connectivity index (χ0n) is 18.1. The average molecular weight is 541 g/mol. The number of hydrogen-bond acceptors (Lipinski definition) is 4. The highest BCUT2D eigenvalue weighted by molar-refractivity contribution is 14.0. The van der Waals surface area contributed by atoms with Gasteiger partial charge in [0, 0.05) is 32.7 Å². The van der Waals surface area contributed by atoms with E-state index in [-0.39, 0.29) is 29.7 Å². The smallest absolute Gasteiger partial charge is 0.215 e. The minimum absolute atomic E-state index is 0. The molecule has 0 fully saturated rings. The van der Waals surface area contributed by atoms with Crippen molar-refractivity contribution in [2.45, 2.75) is 40.0 Å². The molecule has 0 saturated carbocycles. The topological polar surface area (TPSA) is 83.0 Å². The van der Waals surface area contributed by atoms with E-state index < -0.39 is 10.0 Å². The Balaban J connectivity index is 0.00000784. The lowest BCUT2D eigenvalue weighted by molar-refractivity contribution is 0.414. The van der Waals surface area contributed by atoms with Gasteiger partial charge in [-0.05, 0) is 43.9 Å². The van der Waals surface area contributed by atoms with Crippen LogP contribution in [0.15, 0.2) is 29.3 Å². The molecular weight excluding hydrogens is 503 g/mol. The number of aryl methyl sites for hydroxylation is 1. The highest BCUT2D eigenvalue weighted by Gasteiger charge is 2.18. The number of sulfonamides is 1. The van der Waals surface area contributed by atoms with Crippen molar-refractivity contribution in [3.63, 3.8) is 0 Å². The first-order valence-corrected chi connectivity index (χ1v) is 11.7. The Morgan fingerprint density at radius 1 is 1.07 bits per heavy atom. The summed E-state index contributed by atoms with van der Waals surface area (Å²) in [5, 5.41) is 6.28. The molecule has 0 saturated heterocycles. The molecule has 9 heteroatoms. The van der Waals surface area contributed by atoms with E-state index in [0.717, 1.165) is 31.6 Å². The fraction of sp³-hybridized carbons (Fsp3) is 0.650. The van der Waals surface area contributed by atoms with Gasteiger partial charge in [-0.3, -0.25) is 4.99 Å². The van der Waals surface area contributed by atoms with Crippen LogP contribution in [0.1, 0.15) is 39.2 Å². The van der Waals surface area contributed by atoms with Gasteiger partial charge in [-0.25, -0.2) is 12.7 Å². The summed E-state index contributed by atoms with van der Waals surface area (Å²) in [4.78, 5) is 4.54. The number of guanidine groups is 1. The summed E-state index contributed by atoms with van der Waals surface area (Å²) in [6.45, 7) is 8.49. The monoisotopic (exact) mass is 540 g/mol. The fourth-order valence-corrected chi connectivity index (χ4v) is 4.22.